The van der Waals surface area contributed by atoms with Crippen molar-refractivity contribution < 1.29 is 14.6 Å². The van der Waals surface area contributed by atoms with Crippen LogP contribution in [0, 0.1) is 11.3 Å². The second-order valence-electron chi connectivity index (χ2n) is 5.91. The fourth-order valence-electron chi connectivity index (χ4n) is 2.89. The van der Waals surface area contributed by atoms with Gasteiger partial charge in [-0.05, 0) is 18.8 Å². The number of aliphatic carboxylic acids is 1. The van der Waals surface area contributed by atoms with Crippen LogP contribution in [0.4, 0.5) is 0 Å². The molecule has 1 N–H and O–H groups in total. The Morgan fingerprint density at radius 1 is 1.39 bits per heavy atom. The van der Waals surface area contributed by atoms with Gasteiger partial charge in [-0.1, -0.05) is 26.7 Å². The Balaban J connectivity index is 2.63. The summed E-state index contributed by atoms with van der Waals surface area (Å²) in [5.74, 6) is -0.0692. The molecular formula is C14H27NO3. The lowest BCUT2D eigenvalue weighted by molar-refractivity contribution is -0.150. The molecule has 0 aromatic rings. The molecule has 1 saturated carbocycles. The van der Waals surface area contributed by atoms with Crippen LogP contribution in [0.5, 0.6) is 0 Å². The van der Waals surface area contributed by atoms with Crippen molar-refractivity contribution in [3.63, 3.8) is 0 Å². The number of rotatable bonds is 8. The first-order valence-electron chi connectivity index (χ1n) is 6.95. The Hall–Kier alpha value is -0.610. The Bertz CT molecular complexity index is 260. The van der Waals surface area contributed by atoms with E-state index in [1.807, 2.05) is 0 Å². The zero-order valence-corrected chi connectivity index (χ0v) is 11.9. The van der Waals surface area contributed by atoms with Crippen molar-refractivity contribution in [3.8, 4) is 0 Å². The summed E-state index contributed by atoms with van der Waals surface area (Å²) in [5, 5.41) is 9.51. The van der Waals surface area contributed by atoms with Gasteiger partial charge in [0.05, 0.1) is 12.0 Å². The lowest BCUT2D eigenvalue weighted by atomic mass is 9.85. The van der Waals surface area contributed by atoms with E-state index in [0.717, 1.165) is 38.8 Å². The Morgan fingerprint density at radius 3 is 2.44 bits per heavy atom. The van der Waals surface area contributed by atoms with Gasteiger partial charge in [0.2, 0.25) is 0 Å². The quantitative estimate of drug-likeness (QED) is 0.724. The first-order chi connectivity index (χ1) is 8.50. The molecule has 0 aromatic heterocycles. The topological polar surface area (TPSA) is 49.8 Å². The minimum absolute atomic E-state index is 0.511. The van der Waals surface area contributed by atoms with E-state index in [9.17, 15) is 9.90 Å². The zero-order valence-electron chi connectivity index (χ0n) is 11.9. The highest BCUT2D eigenvalue weighted by Crippen LogP contribution is 2.39. The maximum atomic E-state index is 11.6. The monoisotopic (exact) mass is 257 g/mol. The predicted molar refractivity (Wildman–Crippen MR) is 71.7 cm³/mol. The average molecular weight is 257 g/mol. The van der Waals surface area contributed by atoms with Gasteiger partial charge >= 0.3 is 5.97 Å². The molecule has 1 aliphatic rings. The van der Waals surface area contributed by atoms with Gasteiger partial charge in [-0.2, -0.15) is 0 Å². The second-order valence-corrected chi connectivity index (χ2v) is 5.91. The van der Waals surface area contributed by atoms with E-state index in [-0.39, 0.29) is 0 Å². The van der Waals surface area contributed by atoms with Gasteiger partial charge in [0.25, 0.3) is 0 Å². The van der Waals surface area contributed by atoms with Crippen LogP contribution in [0.3, 0.4) is 0 Å². The molecule has 1 rings (SSSR count). The molecule has 106 valence electrons. The lowest BCUT2D eigenvalue weighted by Gasteiger charge is -2.33. The summed E-state index contributed by atoms with van der Waals surface area (Å²) in [4.78, 5) is 13.8. The molecule has 0 aliphatic heterocycles. The molecule has 4 nitrogen and oxygen atoms in total. The third-order valence-corrected chi connectivity index (χ3v) is 3.78. The zero-order chi connectivity index (χ0) is 13.6. The van der Waals surface area contributed by atoms with Crippen LogP contribution in [0.25, 0.3) is 0 Å². The van der Waals surface area contributed by atoms with Gasteiger partial charge in [0.15, 0.2) is 0 Å². The molecule has 0 saturated heterocycles. The van der Waals surface area contributed by atoms with Crippen LogP contribution in [-0.4, -0.2) is 49.3 Å². The van der Waals surface area contributed by atoms with Crippen molar-refractivity contribution in [1.82, 2.24) is 4.90 Å². The number of hydrogen-bond acceptors (Lipinski definition) is 3. The highest BCUT2D eigenvalue weighted by molar-refractivity contribution is 5.75. The maximum absolute atomic E-state index is 11.6. The van der Waals surface area contributed by atoms with Crippen molar-refractivity contribution in [3.05, 3.63) is 0 Å². The van der Waals surface area contributed by atoms with Gasteiger partial charge in [-0.15, -0.1) is 0 Å². The number of hydrogen-bond donors (Lipinski definition) is 1. The van der Waals surface area contributed by atoms with Crippen molar-refractivity contribution in [2.75, 3.05) is 33.4 Å². The first-order valence-corrected chi connectivity index (χ1v) is 6.95. The number of carbonyl (C=O) groups is 1. The number of methoxy groups -OCH3 is 1. The molecule has 0 bridgehead atoms. The molecule has 1 fully saturated rings. The molecule has 4 heteroatoms. The van der Waals surface area contributed by atoms with Crippen molar-refractivity contribution >= 4 is 5.97 Å². The van der Waals surface area contributed by atoms with E-state index in [1.165, 1.54) is 0 Å². The largest absolute Gasteiger partial charge is 0.481 e. The van der Waals surface area contributed by atoms with E-state index < -0.39 is 11.4 Å². The van der Waals surface area contributed by atoms with Crippen LogP contribution in [0.15, 0.2) is 0 Å². The summed E-state index contributed by atoms with van der Waals surface area (Å²) >= 11 is 0. The van der Waals surface area contributed by atoms with Crippen LogP contribution in [0.2, 0.25) is 0 Å². The van der Waals surface area contributed by atoms with Crippen molar-refractivity contribution in [1.29, 1.82) is 0 Å². The van der Waals surface area contributed by atoms with Crippen LogP contribution < -0.4 is 0 Å². The van der Waals surface area contributed by atoms with E-state index >= 15 is 0 Å². The molecule has 0 unspecified atom stereocenters. The van der Waals surface area contributed by atoms with Gasteiger partial charge in [0, 0.05) is 26.7 Å². The molecule has 0 heterocycles. The number of nitrogens with zero attached hydrogens (tertiary/aromatic N) is 1. The second kappa shape index (κ2) is 7.10. The van der Waals surface area contributed by atoms with E-state index in [2.05, 4.69) is 18.7 Å². The van der Waals surface area contributed by atoms with Crippen molar-refractivity contribution in [2.45, 2.75) is 39.5 Å². The minimum Gasteiger partial charge on any atom is -0.481 e. The SMILES string of the molecule is COCCN(CC(C)C)CC1(C(=O)O)CCCC1. The molecule has 0 amide bonds. The summed E-state index contributed by atoms with van der Waals surface area (Å²) in [7, 11) is 1.69. The third-order valence-electron chi connectivity index (χ3n) is 3.78. The van der Waals surface area contributed by atoms with Gasteiger partial charge in [-0.3, -0.25) is 9.69 Å². The molecule has 0 spiro atoms. The van der Waals surface area contributed by atoms with Crippen LogP contribution in [-0.2, 0) is 9.53 Å². The molecule has 0 atom stereocenters. The molecule has 0 radical (unpaired) electrons. The predicted octanol–water partition coefficient (Wildman–Crippen LogP) is 2.24. The highest BCUT2D eigenvalue weighted by atomic mass is 16.5. The lowest BCUT2D eigenvalue weighted by Crippen LogP contribution is -2.44. The van der Waals surface area contributed by atoms with E-state index in [1.54, 1.807) is 7.11 Å². The Labute approximate surface area is 110 Å². The van der Waals surface area contributed by atoms with Crippen LogP contribution in [0.1, 0.15) is 39.5 Å². The van der Waals surface area contributed by atoms with E-state index in [0.29, 0.717) is 19.1 Å². The van der Waals surface area contributed by atoms with Crippen molar-refractivity contribution in [2.24, 2.45) is 11.3 Å². The van der Waals surface area contributed by atoms with Gasteiger partial charge in [-0.25, -0.2) is 0 Å². The van der Waals surface area contributed by atoms with Gasteiger partial charge in [0.1, 0.15) is 0 Å². The summed E-state index contributed by atoms with van der Waals surface area (Å²) < 4.78 is 5.12. The maximum Gasteiger partial charge on any atom is 0.310 e. The fourth-order valence-corrected chi connectivity index (χ4v) is 2.89. The number of ether oxygens (including phenoxy) is 1. The summed E-state index contributed by atoms with van der Waals surface area (Å²) in [6.07, 6.45) is 3.74. The summed E-state index contributed by atoms with van der Waals surface area (Å²) in [5.41, 5.74) is -0.511. The minimum atomic E-state index is -0.619. The first kappa shape index (κ1) is 15.4. The standard InChI is InChI=1S/C14H27NO3/c1-12(2)10-15(8-9-18-3)11-14(13(16)17)6-4-5-7-14/h12H,4-11H2,1-3H3,(H,16,17). The molecule has 0 aromatic carbocycles. The van der Waals surface area contributed by atoms with Crippen LogP contribution >= 0.6 is 0 Å². The smallest absolute Gasteiger partial charge is 0.310 e. The molecular weight excluding hydrogens is 230 g/mol. The summed E-state index contributed by atoms with van der Waals surface area (Å²) in [6, 6.07) is 0. The molecule has 18 heavy (non-hydrogen) atoms. The molecule has 1 aliphatic carbocycles. The average Bonchev–Trinajstić information content (AvgIpc) is 2.75. The Morgan fingerprint density at radius 2 is 2.00 bits per heavy atom. The highest BCUT2D eigenvalue weighted by Gasteiger charge is 2.42. The normalized spacial score (nSPS) is 18.7. The van der Waals surface area contributed by atoms with Gasteiger partial charge < -0.3 is 9.84 Å². The third kappa shape index (κ3) is 4.25. The fraction of sp³-hybridized carbons (Fsp3) is 0.929. The van der Waals surface area contributed by atoms with E-state index in [4.69, 9.17) is 4.74 Å². The number of carboxylic acids is 1. The summed E-state index contributed by atoms with van der Waals surface area (Å²) in [6.45, 7) is 7.44. The number of carboxylic acid groups (broad SMARTS) is 1. The Kier molecular flexibility index (Phi) is 6.09.